The van der Waals surface area contributed by atoms with Gasteiger partial charge in [0.2, 0.25) is 0 Å². The van der Waals surface area contributed by atoms with E-state index in [1.807, 2.05) is 37.3 Å². The van der Waals surface area contributed by atoms with Crippen molar-refractivity contribution >= 4 is 5.78 Å². The van der Waals surface area contributed by atoms with Crippen LogP contribution in [0.1, 0.15) is 34.5 Å². The van der Waals surface area contributed by atoms with E-state index in [0.717, 1.165) is 18.4 Å². The fraction of sp³-hybridized carbons (Fsp3) is 0.250. The van der Waals surface area contributed by atoms with Crippen molar-refractivity contribution in [2.45, 2.75) is 26.2 Å². The van der Waals surface area contributed by atoms with Crippen molar-refractivity contribution in [1.82, 2.24) is 4.98 Å². The zero-order chi connectivity index (χ0) is 12.8. The van der Waals surface area contributed by atoms with Gasteiger partial charge in [-0.2, -0.15) is 0 Å². The molecule has 1 heterocycles. The van der Waals surface area contributed by atoms with E-state index in [1.54, 1.807) is 6.20 Å². The van der Waals surface area contributed by atoms with Crippen LogP contribution in [0, 0.1) is 6.92 Å². The number of carbonyl (C=O) groups excluding carboxylic acids is 1. The first-order valence-electron chi connectivity index (χ1n) is 6.25. The Morgan fingerprint density at radius 3 is 2.67 bits per heavy atom. The third-order valence-corrected chi connectivity index (χ3v) is 2.91. The van der Waals surface area contributed by atoms with Crippen LogP contribution < -0.4 is 0 Å². The number of hydrogen-bond donors (Lipinski definition) is 0. The van der Waals surface area contributed by atoms with Gasteiger partial charge in [0.15, 0.2) is 5.78 Å². The second-order valence-corrected chi connectivity index (χ2v) is 4.48. The van der Waals surface area contributed by atoms with Gasteiger partial charge in [0.05, 0.1) is 0 Å². The number of aryl methyl sites for hydroxylation is 2. The van der Waals surface area contributed by atoms with Crippen LogP contribution in [0.3, 0.4) is 0 Å². The predicted octanol–water partition coefficient (Wildman–Crippen LogP) is 3.60. The second kappa shape index (κ2) is 6.10. The number of Topliss-reactive ketones (excluding diaryl/α,β-unsaturated/α-hetero) is 1. The van der Waals surface area contributed by atoms with Crippen molar-refractivity contribution in [3.05, 3.63) is 65.5 Å². The third kappa shape index (κ3) is 3.52. The molecular weight excluding hydrogens is 222 g/mol. The molecule has 0 N–H and O–H groups in total. The lowest BCUT2D eigenvalue weighted by Crippen LogP contribution is -2.03. The van der Waals surface area contributed by atoms with Crippen LogP contribution in [-0.4, -0.2) is 10.8 Å². The molecule has 0 amide bonds. The largest absolute Gasteiger partial charge is 0.292 e. The van der Waals surface area contributed by atoms with Crippen LogP contribution in [0.25, 0.3) is 0 Å². The molecule has 0 saturated heterocycles. The zero-order valence-corrected chi connectivity index (χ0v) is 10.6. The Kier molecular flexibility index (Phi) is 4.24. The Balaban J connectivity index is 1.86. The van der Waals surface area contributed by atoms with Gasteiger partial charge in [-0.15, -0.1) is 0 Å². The van der Waals surface area contributed by atoms with Crippen molar-refractivity contribution < 1.29 is 4.79 Å². The molecular formula is C16H17NO. The quantitative estimate of drug-likeness (QED) is 0.746. The summed E-state index contributed by atoms with van der Waals surface area (Å²) < 4.78 is 0. The lowest BCUT2D eigenvalue weighted by Gasteiger charge is -2.02. The summed E-state index contributed by atoms with van der Waals surface area (Å²) in [6, 6.07) is 14.0. The number of benzene rings is 1. The molecule has 18 heavy (non-hydrogen) atoms. The zero-order valence-electron chi connectivity index (χ0n) is 10.6. The Hall–Kier alpha value is -1.96. The first-order valence-corrected chi connectivity index (χ1v) is 6.25. The van der Waals surface area contributed by atoms with Gasteiger partial charge in [-0.3, -0.25) is 9.78 Å². The van der Waals surface area contributed by atoms with Gasteiger partial charge in [-0.1, -0.05) is 30.3 Å². The fourth-order valence-corrected chi connectivity index (χ4v) is 1.91. The summed E-state index contributed by atoms with van der Waals surface area (Å²) >= 11 is 0. The van der Waals surface area contributed by atoms with E-state index in [0.29, 0.717) is 12.1 Å². The van der Waals surface area contributed by atoms with Gasteiger partial charge >= 0.3 is 0 Å². The monoisotopic (exact) mass is 239 g/mol. The lowest BCUT2D eigenvalue weighted by molar-refractivity contribution is 0.0975. The molecule has 1 aromatic heterocycles. The van der Waals surface area contributed by atoms with Gasteiger partial charge in [-0.05, 0) is 43.0 Å². The van der Waals surface area contributed by atoms with Crippen LogP contribution in [0.2, 0.25) is 0 Å². The van der Waals surface area contributed by atoms with E-state index >= 15 is 0 Å². The first-order chi connectivity index (χ1) is 8.75. The molecule has 0 aliphatic heterocycles. The molecule has 0 spiro atoms. The summed E-state index contributed by atoms with van der Waals surface area (Å²) in [5.74, 6) is 0.134. The Morgan fingerprint density at radius 1 is 1.17 bits per heavy atom. The Morgan fingerprint density at radius 2 is 1.94 bits per heavy atom. The molecule has 2 nitrogen and oxygen atoms in total. The minimum atomic E-state index is 0.134. The molecule has 92 valence electrons. The number of ketones is 1. The van der Waals surface area contributed by atoms with Gasteiger partial charge < -0.3 is 0 Å². The number of carbonyl (C=O) groups is 1. The number of pyridine rings is 1. The number of aromatic nitrogens is 1. The molecule has 0 radical (unpaired) electrons. The van der Waals surface area contributed by atoms with E-state index in [4.69, 9.17) is 0 Å². The van der Waals surface area contributed by atoms with E-state index < -0.39 is 0 Å². The van der Waals surface area contributed by atoms with E-state index in [1.165, 1.54) is 5.56 Å². The van der Waals surface area contributed by atoms with Crippen molar-refractivity contribution in [1.29, 1.82) is 0 Å². The molecule has 0 saturated carbocycles. The summed E-state index contributed by atoms with van der Waals surface area (Å²) in [5.41, 5.74) is 2.95. The van der Waals surface area contributed by atoms with Crippen LogP contribution in [0.4, 0.5) is 0 Å². The third-order valence-electron chi connectivity index (χ3n) is 2.91. The van der Waals surface area contributed by atoms with Crippen molar-refractivity contribution in [3.63, 3.8) is 0 Å². The van der Waals surface area contributed by atoms with Crippen LogP contribution in [0.15, 0.2) is 48.7 Å². The van der Waals surface area contributed by atoms with Crippen molar-refractivity contribution in [2.24, 2.45) is 0 Å². The summed E-state index contributed by atoms with van der Waals surface area (Å²) in [7, 11) is 0. The molecule has 1 aromatic carbocycles. The fourth-order valence-electron chi connectivity index (χ4n) is 1.91. The summed E-state index contributed by atoms with van der Waals surface area (Å²) in [6.45, 7) is 1.97. The maximum absolute atomic E-state index is 11.9. The summed E-state index contributed by atoms with van der Waals surface area (Å²) in [4.78, 5) is 16.0. The molecule has 0 aliphatic carbocycles. The second-order valence-electron chi connectivity index (χ2n) is 4.48. The number of nitrogens with zero attached hydrogens (tertiary/aromatic N) is 1. The molecule has 0 aliphatic rings. The normalized spacial score (nSPS) is 10.3. The predicted molar refractivity (Wildman–Crippen MR) is 72.7 cm³/mol. The molecule has 2 heteroatoms. The first kappa shape index (κ1) is 12.5. The molecule has 2 aromatic rings. The van der Waals surface area contributed by atoms with Crippen molar-refractivity contribution in [3.8, 4) is 0 Å². The van der Waals surface area contributed by atoms with Gasteiger partial charge in [0, 0.05) is 12.6 Å². The Bertz CT molecular complexity index is 520. The topological polar surface area (TPSA) is 30.0 Å². The van der Waals surface area contributed by atoms with Crippen molar-refractivity contribution in [2.75, 3.05) is 0 Å². The molecule has 0 bridgehead atoms. The molecule has 2 rings (SSSR count). The van der Waals surface area contributed by atoms with Crippen LogP contribution in [0.5, 0.6) is 0 Å². The average molecular weight is 239 g/mol. The minimum absolute atomic E-state index is 0.134. The highest BCUT2D eigenvalue weighted by Gasteiger charge is 2.07. The van der Waals surface area contributed by atoms with E-state index in [2.05, 4.69) is 17.1 Å². The minimum Gasteiger partial charge on any atom is -0.292 e. The Labute approximate surface area is 108 Å². The van der Waals surface area contributed by atoms with Gasteiger partial charge in [0.1, 0.15) is 5.69 Å². The number of hydrogen-bond acceptors (Lipinski definition) is 2. The van der Waals surface area contributed by atoms with Crippen LogP contribution in [-0.2, 0) is 6.42 Å². The smallest absolute Gasteiger partial charge is 0.181 e. The highest BCUT2D eigenvalue weighted by Crippen LogP contribution is 2.09. The lowest BCUT2D eigenvalue weighted by atomic mass is 10.0. The molecule has 0 atom stereocenters. The number of rotatable bonds is 5. The highest BCUT2D eigenvalue weighted by molar-refractivity contribution is 5.94. The molecule has 0 fully saturated rings. The molecule has 0 unspecified atom stereocenters. The summed E-state index contributed by atoms with van der Waals surface area (Å²) in [5, 5.41) is 0. The van der Waals surface area contributed by atoms with Gasteiger partial charge in [0.25, 0.3) is 0 Å². The average Bonchev–Trinajstić information content (AvgIpc) is 2.40. The van der Waals surface area contributed by atoms with Gasteiger partial charge in [-0.25, -0.2) is 0 Å². The standard InChI is InChI=1S/C16H17NO/c1-13-10-11-17-15(12-13)16(18)9-5-8-14-6-3-2-4-7-14/h2-4,6-7,10-12H,5,8-9H2,1H3. The maximum atomic E-state index is 11.9. The highest BCUT2D eigenvalue weighted by atomic mass is 16.1. The SMILES string of the molecule is Cc1ccnc(C(=O)CCCc2ccccc2)c1. The van der Waals surface area contributed by atoms with Crippen LogP contribution >= 0.6 is 0 Å². The maximum Gasteiger partial charge on any atom is 0.181 e. The summed E-state index contributed by atoms with van der Waals surface area (Å²) in [6.07, 6.45) is 4.07. The van der Waals surface area contributed by atoms with E-state index in [9.17, 15) is 4.79 Å². The van der Waals surface area contributed by atoms with E-state index in [-0.39, 0.29) is 5.78 Å².